The van der Waals surface area contributed by atoms with Gasteiger partial charge in [0.1, 0.15) is 11.3 Å². The van der Waals surface area contributed by atoms with E-state index in [1.165, 1.54) is 4.90 Å². The number of aryl methyl sites for hydroxylation is 2. The first-order chi connectivity index (χ1) is 16.6. The Morgan fingerprint density at radius 1 is 1.06 bits per heavy atom. The minimum absolute atomic E-state index is 0.00179. The second-order valence-electron chi connectivity index (χ2n) is 8.12. The predicted molar refractivity (Wildman–Crippen MR) is 136 cm³/mol. The van der Waals surface area contributed by atoms with Crippen LogP contribution in [-0.2, 0) is 9.59 Å². The third-order valence-corrected chi connectivity index (χ3v) is 6.17. The first-order valence-corrected chi connectivity index (χ1v) is 11.1. The molecule has 2 N–H and O–H groups in total. The Kier molecular flexibility index (Phi) is 6.27. The Bertz CT molecular complexity index is 1420. The highest BCUT2D eigenvalue weighted by Crippen LogP contribution is 2.28. The molecule has 0 aliphatic carbocycles. The van der Waals surface area contributed by atoms with Gasteiger partial charge in [0.2, 0.25) is 0 Å². The van der Waals surface area contributed by atoms with Crippen LogP contribution < -0.4 is 15.0 Å². The molecule has 0 atom stereocenters. The topological polar surface area (TPSA) is 101 Å². The average molecular weight is 490 g/mol. The Labute approximate surface area is 207 Å². The van der Waals surface area contributed by atoms with Gasteiger partial charge >= 0.3 is 5.97 Å². The van der Waals surface area contributed by atoms with Crippen LogP contribution >= 0.6 is 12.2 Å². The molecule has 4 rings (SSSR count). The maximum absolute atomic E-state index is 13.3. The Hall–Kier alpha value is -4.24. The number of nitrogens with one attached hydrogen (secondary N) is 1. The lowest BCUT2D eigenvalue weighted by atomic mass is 10.1. The molecule has 1 saturated heterocycles. The van der Waals surface area contributed by atoms with E-state index in [1.807, 2.05) is 31.4 Å². The summed E-state index contributed by atoms with van der Waals surface area (Å²) in [6.45, 7) is 5.62. The summed E-state index contributed by atoms with van der Waals surface area (Å²) in [5.41, 5.74) is 4.61. The van der Waals surface area contributed by atoms with E-state index in [9.17, 15) is 19.5 Å². The van der Waals surface area contributed by atoms with Crippen LogP contribution in [0.3, 0.4) is 0 Å². The van der Waals surface area contributed by atoms with Gasteiger partial charge in [-0.2, -0.15) is 0 Å². The smallest absolute Gasteiger partial charge is 0.335 e. The van der Waals surface area contributed by atoms with Gasteiger partial charge in [0.15, 0.2) is 5.11 Å². The molecule has 1 aromatic heterocycles. The fourth-order valence-electron chi connectivity index (χ4n) is 4.12. The number of hydrogen-bond donors (Lipinski definition) is 2. The van der Waals surface area contributed by atoms with Crippen LogP contribution in [0.15, 0.2) is 54.1 Å². The summed E-state index contributed by atoms with van der Waals surface area (Å²) in [5, 5.41) is 11.9. The largest absolute Gasteiger partial charge is 0.497 e. The number of carbonyl (C=O) groups excluding carboxylic acids is 2. The molecule has 0 bridgehead atoms. The minimum Gasteiger partial charge on any atom is -0.497 e. The van der Waals surface area contributed by atoms with E-state index in [4.69, 9.17) is 17.0 Å². The van der Waals surface area contributed by atoms with E-state index in [0.29, 0.717) is 17.0 Å². The number of rotatable bonds is 5. The highest BCUT2D eigenvalue weighted by atomic mass is 32.1. The third kappa shape index (κ3) is 4.33. The molecule has 2 aromatic carbocycles. The standard InChI is InChI=1S/C26H23N3O5S/c1-14-11-17(25(32)33)5-10-22(14)28-15(2)12-18(16(28)3)13-21-23(30)27-26(35)29(24(21)31)19-6-8-20(34-4)9-7-19/h5-13H,1-4H3,(H,32,33)(H,27,30,35)/b21-13+. The molecule has 8 nitrogen and oxygen atoms in total. The number of amides is 2. The zero-order chi connectivity index (χ0) is 25.4. The van der Waals surface area contributed by atoms with Crippen LogP contribution in [0.5, 0.6) is 5.75 Å². The number of carboxylic acid groups (broad SMARTS) is 1. The summed E-state index contributed by atoms with van der Waals surface area (Å²) >= 11 is 5.27. The molecular formula is C26H23N3O5S. The molecule has 0 unspecified atom stereocenters. The average Bonchev–Trinajstić information content (AvgIpc) is 3.09. The number of carboxylic acids is 1. The molecule has 35 heavy (non-hydrogen) atoms. The first kappa shape index (κ1) is 23.9. The van der Waals surface area contributed by atoms with E-state index >= 15 is 0 Å². The van der Waals surface area contributed by atoms with Gasteiger partial charge in [-0.3, -0.25) is 19.8 Å². The summed E-state index contributed by atoms with van der Waals surface area (Å²) < 4.78 is 7.13. The number of ether oxygens (including phenoxy) is 1. The normalized spacial score (nSPS) is 14.9. The van der Waals surface area contributed by atoms with Gasteiger partial charge in [-0.05, 0) is 98.7 Å². The van der Waals surface area contributed by atoms with Gasteiger partial charge in [-0.25, -0.2) is 4.79 Å². The van der Waals surface area contributed by atoms with Gasteiger partial charge in [-0.15, -0.1) is 0 Å². The Morgan fingerprint density at radius 3 is 2.34 bits per heavy atom. The molecule has 178 valence electrons. The van der Waals surface area contributed by atoms with Crippen molar-refractivity contribution in [3.63, 3.8) is 0 Å². The van der Waals surface area contributed by atoms with Gasteiger partial charge in [0, 0.05) is 17.1 Å². The molecule has 0 spiro atoms. The highest BCUT2D eigenvalue weighted by molar-refractivity contribution is 7.80. The fourth-order valence-corrected chi connectivity index (χ4v) is 4.40. The second kappa shape index (κ2) is 9.19. The third-order valence-electron chi connectivity index (χ3n) is 5.89. The maximum atomic E-state index is 13.3. The van der Waals surface area contributed by atoms with Gasteiger partial charge in [0.25, 0.3) is 11.8 Å². The zero-order valence-corrected chi connectivity index (χ0v) is 20.4. The Balaban J connectivity index is 1.74. The summed E-state index contributed by atoms with van der Waals surface area (Å²) in [6, 6.07) is 13.6. The lowest BCUT2D eigenvalue weighted by Crippen LogP contribution is -2.54. The van der Waals surface area contributed by atoms with Crippen molar-refractivity contribution in [2.75, 3.05) is 12.0 Å². The van der Waals surface area contributed by atoms with Crippen molar-refractivity contribution in [1.29, 1.82) is 0 Å². The molecule has 2 amide bonds. The van der Waals surface area contributed by atoms with Crippen LogP contribution in [0.1, 0.15) is 32.9 Å². The predicted octanol–water partition coefficient (Wildman–Crippen LogP) is 3.94. The van der Waals surface area contributed by atoms with Crippen molar-refractivity contribution in [2.24, 2.45) is 0 Å². The lowest BCUT2D eigenvalue weighted by molar-refractivity contribution is -0.122. The van der Waals surface area contributed by atoms with Gasteiger partial charge < -0.3 is 14.4 Å². The van der Waals surface area contributed by atoms with Gasteiger partial charge in [-0.1, -0.05) is 0 Å². The summed E-state index contributed by atoms with van der Waals surface area (Å²) in [7, 11) is 1.55. The van der Waals surface area contributed by atoms with Crippen LogP contribution in [-0.4, -0.2) is 39.7 Å². The zero-order valence-electron chi connectivity index (χ0n) is 19.6. The molecule has 0 saturated carbocycles. The van der Waals surface area contributed by atoms with Crippen LogP contribution in [0.4, 0.5) is 5.69 Å². The second-order valence-corrected chi connectivity index (χ2v) is 8.51. The van der Waals surface area contributed by atoms with E-state index < -0.39 is 17.8 Å². The van der Waals surface area contributed by atoms with Crippen molar-refractivity contribution in [3.8, 4) is 11.4 Å². The number of aromatic nitrogens is 1. The van der Waals surface area contributed by atoms with Gasteiger partial charge in [0.05, 0.1) is 18.4 Å². The van der Waals surface area contributed by atoms with Crippen molar-refractivity contribution < 1.29 is 24.2 Å². The van der Waals surface area contributed by atoms with E-state index in [-0.39, 0.29) is 16.2 Å². The molecule has 0 radical (unpaired) electrons. The summed E-state index contributed by atoms with van der Waals surface area (Å²) in [5.74, 6) is -1.47. The number of aromatic carboxylic acids is 1. The fraction of sp³-hybridized carbons (Fsp3) is 0.154. The van der Waals surface area contributed by atoms with E-state index in [0.717, 1.165) is 22.6 Å². The van der Waals surface area contributed by atoms with Crippen molar-refractivity contribution in [1.82, 2.24) is 9.88 Å². The Morgan fingerprint density at radius 2 is 1.74 bits per heavy atom. The van der Waals surface area contributed by atoms with Crippen molar-refractivity contribution >= 4 is 46.9 Å². The van der Waals surface area contributed by atoms with Crippen molar-refractivity contribution in [3.05, 3.63) is 82.2 Å². The molecule has 1 fully saturated rings. The SMILES string of the molecule is COc1ccc(N2C(=O)/C(=C/c3cc(C)n(-c4ccc(C(=O)O)cc4C)c3C)C(=O)NC2=S)cc1. The van der Waals surface area contributed by atoms with Crippen molar-refractivity contribution in [2.45, 2.75) is 20.8 Å². The number of nitrogens with zero attached hydrogens (tertiary/aromatic N) is 2. The molecule has 1 aliphatic heterocycles. The summed E-state index contributed by atoms with van der Waals surface area (Å²) in [6.07, 6.45) is 1.55. The molecule has 3 aromatic rings. The molecular weight excluding hydrogens is 466 g/mol. The van der Waals surface area contributed by atoms with Crippen LogP contribution in [0, 0.1) is 20.8 Å². The number of anilines is 1. The summed E-state index contributed by atoms with van der Waals surface area (Å²) in [4.78, 5) is 38.7. The van der Waals surface area contributed by atoms with E-state index in [1.54, 1.807) is 55.7 Å². The molecule has 2 heterocycles. The van der Waals surface area contributed by atoms with E-state index in [2.05, 4.69) is 5.32 Å². The number of carbonyl (C=O) groups is 3. The number of hydrogen-bond acceptors (Lipinski definition) is 5. The number of methoxy groups -OCH3 is 1. The highest BCUT2D eigenvalue weighted by Gasteiger charge is 2.34. The monoisotopic (exact) mass is 489 g/mol. The lowest BCUT2D eigenvalue weighted by Gasteiger charge is -2.29. The molecule has 1 aliphatic rings. The maximum Gasteiger partial charge on any atom is 0.335 e. The minimum atomic E-state index is -0.993. The first-order valence-electron chi connectivity index (χ1n) is 10.7. The molecule has 9 heteroatoms. The van der Waals surface area contributed by atoms with Crippen LogP contribution in [0.25, 0.3) is 11.8 Å². The quantitative estimate of drug-likeness (QED) is 0.320. The number of thiocarbonyl (C=S) groups is 1. The van der Waals surface area contributed by atoms with Crippen LogP contribution in [0.2, 0.25) is 0 Å². The number of benzene rings is 2.